The Morgan fingerprint density at radius 1 is 1.04 bits per heavy atom. The number of rotatable bonds is 3. The third-order valence-electron chi connectivity index (χ3n) is 4.20. The summed E-state index contributed by atoms with van der Waals surface area (Å²) in [5.41, 5.74) is 3.41. The van der Waals surface area contributed by atoms with E-state index in [9.17, 15) is 4.79 Å². The quantitative estimate of drug-likeness (QED) is 0.846. The highest BCUT2D eigenvalue weighted by atomic mass is 35.5. The Hall–Kier alpha value is -1.84. The van der Waals surface area contributed by atoms with Crippen molar-refractivity contribution in [1.82, 2.24) is 10.6 Å². The van der Waals surface area contributed by atoms with E-state index in [0.29, 0.717) is 10.9 Å². The number of halogens is 1. The number of nitrogens with one attached hydrogen (secondary N) is 2. The second-order valence-electron chi connectivity index (χ2n) is 6.80. The van der Waals surface area contributed by atoms with Crippen molar-refractivity contribution >= 4 is 17.5 Å². The van der Waals surface area contributed by atoms with Crippen molar-refractivity contribution in [2.45, 2.75) is 32.2 Å². The first-order chi connectivity index (χ1) is 12.0. The van der Waals surface area contributed by atoms with Crippen LogP contribution in [0, 0.1) is 5.92 Å². The molecule has 4 heteroatoms. The zero-order valence-corrected chi connectivity index (χ0v) is 16.1. The van der Waals surface area contributed by atoms with E-state index in [2.05, 4.69) is 36.6 Å². The summed E-state index contributed by atoms with van der Waals surface area (Å²) in [7, 11) is 3.75. The monoisotopic (exact) mass is 358 g/mol. The molecule has 25 heavy (non-hydrogen) atoms. The minimum atomic E-state index is -0.0932. The van der Waals surface area contributed by atoms with Gasteiger partial charge in [0.05, 0.1) is 12.0 Å². The molecule has 0 radical (unpaired) electrons. The highest BCUT2D eigenvalue weighted by Gasteiger charge is 2.33. The number of fused-ring (bicyclic) bond motifs is 1. The molecule has 3 nitrogen and oxygen atoms in total. The van der Waals surface area contributed by atoms with Crippen LogP contribution in [0.4, 0.5) is 0 Å². The van der Waals surface area contributed by atoms with Gasteiger partial charge in [0.1, 0.15) is 0 Å². The van der Waals surface area contributed by atoms with Crippen LogP contribution in [0.25, 0.3) is 0 Å². The smallest absolute Gasteiger partial charge is 0.228 e. The normalized spacial score (nSPS) is 18.9. The van der Waals surface area contributed by atoms with Crippen molar-refractivity contribution < 1.29 is 4.79 Å². The van der Waals surface area contributed by atoms with E-state index in [0.717, 1.165) is 17.5 Å². The van der Waals surface area contributed by atoms with Crippen LogP contribution in [0.2, 0.25) is 5.02 Å². The first-order valence-corrected chi connectivity index (χ1v) is 9.08. The molecule has 1 aliphatic rings. The predicted octanol–water partition coefficient (Wildman–Crippen LogP) is 4.52. The number of benzene rings is 2. The summed E-state index contributed by atoms with van der Waals surface area (Å²) < 4.78 is 0. The van der Waals surface area contributed by atoms with E-state index < -0.39 is 0 Å². The van der Waals surface area contributed by atoms with E-state index in [-0.39, 0.29) is 17.9 Å². The van der Waals surface area contributed by atoms with Crippen molar-refractivity contribution in [2.75, 3.05) is 14.1 Å². The lowest BCUT2D eigenvalue weighted by molar-refractivity contribution is -0.124. The molecular weight excluding hydrogens is 332 g/mol. The molecule has 2 unspecified atom stereocenters. The van der Waals surface area contributed by atoms with Crippen LogP contribution in [-0.4, -0.2) is 20.0 Å². The molecule has 0 aliphatic carbocycles. The molecule has 2 aromatic rings. The van der Waals surface area contributed by atoms with Gasteiger partial charge in [-0.1, -0.05) is 61.8 Å². The molecule has 0 fully saturated rings. The third kappa shape index (κ3) is 4.83. The molecule has 1 aliphatic heterocycles. The van der Waals surface area contributed by atoms with E-state index in [1.807, 2.05) is 50.5 Å². The van der Waals surface area contributed by atoms with E-state index >= 15 is 0 Å². The summed E-state index contributed by atoms with van der Waals surface area (Å²) >= 11 is 5.97. The maximum atomic E-state index is 12.6. The Kier molecular flexibility index (Phi) is 7.03. The first kappa shape index (κ1) is 19.5. The summed E-state index contributed by atoms with van der Waals surface area (Å²) in [6.07, 6.45) is 0.871. The molecule has 3 rings (SSSR count). The molecule has 134 valence electrons. The third-order valence-corrected chi connectivity index (χ3v) is 4.45. The molecule has 0 saturated heterocycles. The van der Waals surface area contributed by atoms with Crippen LogP contribution in [0.1, 0.15) is 48.9 Å². The van der Waals surface area contributed by atoms with Crippen LogP contribution in [-0.2, 0) is 4.79 Å². The van der Waals surface area contributed by atoms with Gasteiger partial charge >= 0.3 is 0 Å². The lowest BCUT2D eigenvalue weighted by atomic mass is 9.80. The summed E-state index contributed by atoms with van der Waals surface area (Å²) in [5.74, 6) is 0.544. The van der Waals surface area contributed by atoms with Crippen LogP contribution in [0.5, 0.6) is 0 Å². The molecular formula is C21H27ClN2O. The molecule has 1 heterocycles. The Morgan fingerprint density at radius 3 is 2.16 bits per heavy atom. The van der Waals surface area contributed by atoms with E-state index in [4.69, 9.17) is 11.6 Å². The van der Waals surface area contributed by atoms with Crippen molar-refractivity contribution in [3.05, 3.63) is 70.2 Å². The number of hydrogen-bond acceptors (Lipinski definition) is 2. The summed E-state index contributed by atoms with van der Waals surface area (Å²) in [4.78, 5) is 12.6. The maximum Gasteiger partial charge on any atom is 0.228 e. The minimum absolute atomic E-state index is 0.0558. The summed E-state index contributed by atoms with van der Waals surface area (Å²) in [5, 5.41) is 6.64. The van der Waals surface area contributed by atoms with Gasteiger partial charge in [-0.05, 0) is 55.3 Å². The van der Waals surface area contributed by atoms with Gasteiger partial charge in [-0.2, -0.15) is 0 Å². The van der Waals surface area contributed by atoms with E-state index in [1.54, 1.807) is 0 Å². The van der Waals surface area contributed by atoms with Crippen LogP contribution >= 0.6 is 11.6 Å². The van der Waals surface area contributed by atoms with Gasteiger partial charge in [-0.15, -0.1) is 0 Å². The largest absolute Gasteiger partial charge is 0.345 e. The molecule has 2 atom stereocenters. The second kappa shape index (κ2) is 9.02. The highest BCUT2D eigenvalue weighted by molar-refractivity contribution is 6.30. The lowest BCUT2D eigenvalue weighted by Crippen LogP contribution is -2.39. The SMILES string of the molecule is CC(C)CC1C(=O)NC(c2ccc(Cl)cc2)c2ccccc21.CNC. The van der Waals surface area contributed by atoms with E-state index in [1.165, 1.54) is 5.56 Å². The standard InChI is InChI=1S/C19H20ClNO.C2H7N/c1-12(2)11-17-15-5-3-4-6-16(15)18(21-19(17)22)13-7-9-14(20)10-8-13;1-3-2/h3-10,12,17-18H,11H2,1-2H3,(H,21,22);3H,1-2H3. The fourth-order valence-corrected chi connectivity index (χ4v) is 3.30. The first-order valence-electron chi connectivity index (χ1n) is 8.71. The number of hydrogen-bond donors (Lipinski definition) is 2. The number of amides is 1. The van der Waals surface area contributed by atoms with Gasteiger partial charge < -0.3 is 10.6 Å². The molecule has 2 N–H and O–H groups in total. The Labute approximate surface area is 155 Å². The number of carbonyl (C=O) groups is 1. The highest BCUT2D eigenvalue weighted by Crippen LogP contribution is 2.37. The fourth-order valence-electron chi connectivity index (χ4n) is 3.18. The summed E-state index contributed by atoms with van der Waals surface area (Å²) in [6, 6.07) is 15.8. The minimum Gasteiger partial charge on any atom is -0.345 e. The zero-order chi connectivity index (χ0) is 18.4. The molecule has 0 saturated carbocycles. The second-order valence-corrected chi connectivity index (χ2v) is 7.24. The van der Waals surface area contributed by atoms with Gasteiger partial charge in [0.25, 0.3) is 0 Å². The predicted molar refractivity (Wildman–Crippen MR) is 105 cm³/mol. The molecule has 0 bridgehead atoms. The van der Waals surface area contributed by atoms with Crippen LogP contribution in [0.15, 0.2) is 48.5 Å². The Bertz CT molecular complexity index is 697. The summed E-state index contributed by atoms with van der Waals surface area (Å²) in [6.45, 7) is 4.31. The van der Waals surface area contributed by atoms with Gasteiger partial charge in [-0.3, -0.25) is 4.79 Å². The van der Waals surface area contributed by atoms with Crippen molar-refractivity contribution in [1.29, 1.82) is 0 Å². The van der Waals surface area contributed by atoms with Gasteiger partial charge in [0.2, 0.25) is 5.91 Å². The van der Waals surface area contributed by atoms with Gasteiger partial charge in [0, 0.05) is 5.02 Å². The van der Waals surface area contributed by atoms with Crippen LogP contribution < -0.4 is 10.6 Å². The molecule has 0 aromatic heterocycles. The topological polar surface area (TPSA) is 41.1 Å². The van der Waals surface area contributed by atoms with Gasteiger partial charge in [-0.25, -0.2) is 0 Å². The van der Waals surface area contributed by atoms with Crippen molar-refractivity contribution in [3.8, 4) is 0 Å². The molecule has 2 aromatic carbocycles. The van der Waals surface area contributed by atoms with Gasteiger partial charge in [0.15, 0.2) is 0 Å². The fraction of sp³-hybridized carbons (Fsp3) is 0.381. The van der Waals surface area contributed by atoms with Crippen molar-refractivity contribution in [3.63, 3.8) is 0 Å². The Balaban J connectivity index is 0.000000701. The number of carbonyl (C=O) groups excluding carboxylic acids is 1. The average Bonchev–Trinajstić information content (AvgIpc) is 2.58. The molecule has 1 amide bonds. The van der Waals surface area contributed by atoms with Crippen LogP contribution in [0.3, 0.4) is 0 Å². The van der Waals surface area contributed by atoms with Crippen molar-refractivity contribution in [2.24, 2.45) is 5.92 Å². The molecule has 0 spiro atoms. The zero-order valence-electron chi connectivity index (χ0n) is 15.3. The maximum absolute atomic E-state index is 12.6. The average molecular weight is 359 g/mol. The Morgan fingerprint density at radius 2 is 1.60 bits per heavy atom. The lowest BCUT2D eigenvalue weighted by Gasteiger charge is -2.33.